The molecule has 0 spiro atoms. The van der Waals surface area contributed by atoms with Gasteiger partial charge in [0.05, 0.1) is 0 Å². The van der Waals surface area contributed by atoms with Crippen molar-refractivity contribution >= 4 is 35.8 Å². The lowest BCUT2D eigenvalue weighted by atomic mass is 9.97. The highest BCUT2D eigenvalue weighted by molar-refractivity contribution is 14.0. The van der Waals surface area contributed by atoms with Gasteiger partial charge in [0, 0.05) is 27.2 Å². The third kappa shape index (κ3) is 10.6. The van der Waals surface area contributed by atoms with E-state index < -0.39 is 0 Å². The molecule has 2 N–H and O–H groups in total. The lowest BCUT2D eigenvalue weighted by Gasteiger charge is -2.17. The van der Waals surface area contributed by atoms with E-state index in [1.165, 1.54) is 25.7 Å². The molecule has 0 fully saturated rings. The molecule has 1 amide bonds. The Morgan fingerprint density at radius 2 is 2.04 bits per heavy atom. The number of aliphatic imine (C=N–C) groups is 1. The molecule has 6 heteroatoms. The van der Waals surface area contributed by atoms with Crippen molar-refractivity contribution in [2.75, 3.05) is 33.7 Å². The van der Waals surface area contributed by atoms with Gasteiger partial charge in [-0.1, -0.05) is 25.5 Å². The van der Waals surface area contributed by atoms with E-state index in [4.69, 9.17) is 0 Å². The molecule has 0 bridgehead atoms. The molecular weight excluding hydrogens is 403 g/mol. The first-order valence-electron chi connectivity index (χ1n) is 8.39. The predicted molar refractivity (Wildman–Crippen MR) is 108 cm³/mol. The summed E-state index contributed by atoms with van der Waals surface area (Å²) in [4.78, 5) is 17.6. The van der Waals surface area contributed by atoms with Crippen molar-refractivity contribution in [1.82, 2.24) is 15.5 Å². The van der Waals surface area contributed by atoms with Gasteiger partial charge >= 0.3 is 0 Å². The second-order valence-corrected chi connectivity index (χ2v) is 6.51. The number of hydrogen-bond acceptors (Lipinski definition) is 2. The number of nitrogens with zero attached hydrogens (tertiary/aromatic N) is 2. The SMILES string of the molecule is CC(C)CNC(=NCC(=O)N(C)C)NCCC1=CCCCC1.I. The molecule has 0 aromatic heterocycles. The van der Waals surface area contributed by atoms with Crippen LogP contribution in [-0.4, -0.2) is 50.5 Å². The third-order valence-electron chi connectivity index (χ3n) is 3.67. The second-order valence-electron chi connectivity index (χ2n) is 6.51. The number of nitrogens with one attached hydrogen (secondary N) is 2. The Morgan fingerprint density at radius 3 is 2.61 bits per heavy atom. The summed E-state index contributed by atoms with van der Waals surface area (Å²) in [6, 6.07) is 0. The summed E-state index contributed by atoms with van der Waals surface area (Å²) in [5.74, 6) is 1.29. The van der Waals surface area contributed by atoms with Gasteiger partial charge in [-0.3, -0.25) is 4.79 Å². The Balaban J connectivity index is 0.00000484. The van der Waals surface area contributed by atoms with Crippen molar-refractivity contribution in [3.63, 3.8) is 0 Å². The van der Waals surface area contributed by atoms with Crippen LogP contribution in [0.4, 0.5) is 0 Å². The Morgan fingerprint density at radius 1 is 1.30 bits per heavy atom. The zero-order valence-electron chi connectivity index (χ0n) is 15.0. The fourth-order valence-electron chi connectivity index (χ4n) is 2.24. The van der Waals surface area contributed by atoms with E-state index in [1.54, 1.807) is 24.6 Å². The number of amides is 1. The first-order chi connectivity index (χ1) is 10.5. The fourth-order valence-corrected chi connectivity index (χ4v) is 2.24. The minimum atomic E-state index is 0. The monoisotopic (exact) mass is 436 g/mol. The molecule has 0 saturated carbocycles. The van der Waals surface area contributed by atoms with E-state index in [2.05, 4.69) is 35.5 Å². The van der Waals surface area contributed by atoms with E-state index in [1.807, 2.05) is 0 Å². The molecular formula is C17H33IN4O. The minimum absolute atomic E-state index is 0. The Hall–Kier alpha value is -0.790. The zero-order chi connectivity index (χ0) is 16.4. The number of likely N-dealkylation sites (N-methyl/N-ethyl adjacent to an activating group) is 1. The van der Waals surface area contributed by atoms with E-state index in [-0.39, 0.29) is 36.4 Å². The molecule has 0 saturated heterocycles. The lowest BCUT2D eigenvalue weighted by Crippen LogP contribution is -2.40. The molecule has 0 atom stereocenters. The highest BCUT2D eigenvalue weighted by Gasteiger charge is 2.07. The van der Waals surface area contributed by atoms with Crippen LogP contribution in [0.5, 0.6) is 0 Å². The second kappa shape index (κ2) is 12.6. The number of hydrogen-bond donors (Lipinski definition) is 2. The quantitative estimate of drug-likeness (QED) is 0.279. The topological polar surface area (TPSA) is 56.7 Å². The van der Waals surface area contributed by atoms with Crippen molar-refractivity contribution in [2.24, 2.45) is 10.9 Å². The van der Waals surface area contributed by atoms with Gasteiger partial charge in [0.25, 0.3) is 0 Å². The van der Waals surface area contributed by atoms with Crippen LogP contribution in [0.2, 0.25) is 0 Å². The van der Waals surface area contributed by atoms with Gasteiger partial charge in [-0.2, -0.15) is 0 Å². The highest BCUT2D eigenvalue weighted by atomic mass is 127. The first kappa shape index (κ1) is 22.2. The summed E-state index contributed by atoms with van der Waals surface area (Å²) < 4.78 is 0. The van der Waals surface area contributed by atoms with Crippen molar-refractivity contribution in [2.45, 2.75) is 46.0 Å². The Labute approximate surface area is 158 Å². The molecule has 0 heterocycles. The third-order valence-corrected chi connectivity index (χ3v) is 3.67. The maximum absolute atomic E-state index is 11.7. The molecule has 1 aliphatic carbocycles. The average Bonchev–Trinajstić information content (AvgIpc) is 2.49. The van der Waals surface area contributed by atoms with Crippen LogP contribution in [0.1, 0.15) is 46.0 Å². The van der Waals surface area contributed by atoms with Crippen molar-refractivity contribution in [3.05, 3.63) is 11.6 Å². The van der Waals surface area contributed by atoms with E-state index in [9.17, 15) is 4.79 Å². The van der Waals surface area contributed by atoms with Crippen LogP contribution in [0.15, 0.2) is 16.6 Å². The average molecular weight is 436 g/mol. The Bertz CT molecular complexity index is 405. The van der Waals surface area contributed by atoms with Crippen molar-refractivity contribution in [3.8, 4) is 0 Å². The summed E-state index contributed by atoms with van der Waals surface area (Å²) in [5.41, 5.74) is 1.55. The molecule has 1 aliphatic rings. The molecule has 134 valence electrons. The van der Waals surface area contributed by atoms with Gasteiger partial charge in [0.2, 0.25) is 5.91 Å². The van der Waals surface area contributed by atoms with Gasteiger partial charge in [-0.25, -0.2) is 4.99 Å². The number of allylic oxidation sites excluding steroid dienone is 1. The van der Waals surface area contributed by atoms with E-state index >= 15 is 0 Å². The zero-order valence-corrected chi connectivity index (χ0v) is 17.4. The van der Waals surface area contributed by atoms with Gasteiger partial charge in [0.15, 0.2) is 5.96 Å². The lowest BCUT2D eigenvalue weighted by molar-refractivity contribution is -0.127. The van der Waals surface area contributed by atoms with Crippen LogP contribution in [-0.2, 0) is 4.79 Å². The largest absolute Gasteiger partial charge is 0.356 e. The van der Waals surface area contributed by atoms with E-state index in [0.29, 0.717) is 5.92 Å². The summed E-state index contributed by atoms with van der Waals surface area (Å²) in [5, 5.41) is 6.64. The maximum atomic E-state index is 11.7. The number of halogens is 1. The van der Waals surface area contributed by atoms with Gasteiger partial charge in [-0.15, -0.1) is 24.0 Å². The number of rotatable bonds is 7. The Kier molecular flexibility index (Phi) is 12.2. The van der Waals surface area contributed by atoms with Crippen LogP contribution in [0, 0.1) is 5.92 Å². The minimum Gasteiger partial charge on any atom is -0.356 e. The molecule has 0 aliphatic heterocycles. The number of carbonyl (C=O) groups excluding carboxylic acids is 1. The smallest absolute Gasteiger partial charge is 0.243 e. The highest BCUT2D eigenvalue weighted by Crippen LogP contribution is 2.19. The molecule has 5 nitrogen and oxygen atoms in total. The van der Waals surface area contributed by atoms with Gasteiger partial charge < -0.3 is 15.5 Å². The summed E-state index contributed by atoms with van der Waals surface area (Å²) in [6.45, 7) is 6.21. The summed E-state index contributed by atoms with van der Waals surface area (Å²) in [6.07, 6.45) is 8.52. The van der Waals surface area contributed by atoms with Crippen LogP contribution >= 0.6 is 24.0 Å². The fraction of sp³-hybridized carbons (Fsp3) is 0.765. The summed E-state index contributed by atoms with van der Waals surface area (Å²) >= 11 is 0. The van der Waals surface area contributed by atoms with Crippen molar-refractivity contribution in [1.29, 1.82) is 0 Å². The maximum Gasteiger partial charge on any atom is 0.243 e. The molecule has 0 aromatic carbocycles. The molecule has 0 aromatic rings. The molecule has 23 heavy (non-hydrogen) atoms. The predicted octanol–water partition coefficient (Wildman–Crippen LogP) is 2.77. The van der Waals surface area contributed by atoms with E-state index in [0.717, 1.165) is 25.5 Å². The summed E-state index contributed by atoms with van der Waals surface area (Å²) in [7, 11) is 3.50. The standard InChI is InChI=1S/C17H32N4O.HI/c1-14(2)12-19-17(20-13-16(22)21(3)4)18-11-10-15-8-6-5-7-9-15;/h8,14H,5-7,9-13H2,1-4H3,(H2,18,19,20);1H. The van der Waals surface area contributed by atoms with Gasteiger partial charge in [-0.05, 0) is 38.0 Å². The van der Waals surface area contributed by atoms with Gasteiger partial charge in [0.1, 0.15) is 6.54 Å². The number of carbonyl (C=O) groups is 1. The normalized spacial score (nSPS) is 14.8. The van der Waals surface area contributed by atoms with Crippen molar-refractivity contribution < 1.29 is 4.79 Å². The van der Waals surface area contributed by atoms with Crippen LogP contribution < -0.4 is 10.6 Å². The van der Waals surface area contributed by atoms with Crippen LogP contribution in [0.25, 0.3) is 0 Å². The molecule has 0 unspecified atom stereocenters. The van der Waals surface area contributed by atoms with Crippen LogP contribution in [0.3, 0.4) is 0 Å². The number of guanidine groups is 1. The first-order valence-corrected chi connectivity index (χ1v) is 8.39. The molecule has 1 rings (SSSR count). The molecule has 0 radical (unpaired) electrons.